The Morgan fingerprint density at radius 1 is 0.898 bits per heavy atom. The highest BCUT2D eigenvalue weighted by molar-refractivity contribution is 7.99. The Hall–Kier alpha value is -2.19. The van der Waals surface area contributed by atoms with E-state index in [0.717, 1.165) is 4.57 Å². The molecule has 1 aromatic heterocycles. The van der Waals surface area contributed by atoms with E-state index in [4.69, 9.17) is 51.4 Å². The standard InChI is InChI=1S/C31H54N7O19PS/c1-10-7-38(30(46)37-27(10)45)17-5-13(15(52-17)8-51-58(48,49)50)55-31(47)36-2-3-59-9-16-19(39)18(35)21(41)28(54-16)56-25-11(33)4-12(34)26(24(25)44)57-29-23(43)22(42)20(40)14(6-32)53-29/h7,11-26,28-29,39-44H,2-6,8-9,32-35H2,1H3,(H,36,47)(H,37,45,46)(H2,48,49,50)/t11-,12+,13+,14-,15-,16-,17-,18+,19-,20-,21-,22+,23-,24-,25+,26-,28-,29-/m1/s1. The number of carbonyl (C=O) groups is 1. The lowest BCUT2D eigenvalue weighted by Gasteiger charge is -2.48. The SMILES string of the molecule is Cc1cn([C@H]2C[C@H](OC(=O)NCCSC[C@H]3O[C@H](O[C@@H]4[C@@H](O)[C@H](O[C@H]5O[C@H](CN)[C@@H](O)[C@H](O)[C@H]5O)[C@@H](N)C[C@H]4N)[C@H](O)[C@@H](N)[C@@H]3O)[C@@H](COP(=O)(O)O)O2)c(=O)[nH]c1=O. The van der Waals surface area contributed by atoms with Crippen LogP contribution in [0.2, 0.25) is 0 Å². The van der Waals surface area contributed by atoms with Crippen molar-refractivity contribution in [3.8, 4) is 0 Å². The quantitative estimate of drug-likeness (QED) is 0.0574. The number of amides is 1. The number of hydrogen-bond donors (Lipinski definition) is 14. The summed E-state index contributed by atoms with van der Waals surface area (Å²) in [4.78, 5) is 57.4. The number of phosphoric acid groups is 1. The first-order chi connectivity index (χ1) is 27.7. The molecule has 1 aromatic rings. The number of nitrogens with zero attached hydrogens (tertiary/aromatic N) is 1. The molecule has 5 rings (SSSR count). The molecular formula is C31H54N7O19PS. The average molecular weight is 892 g/mol. The van der Waals surface area contributed by atoms with E-state index in [0.29, 0.717) is 0 Å². The van der Waals surface area contributed by atoms with Crippen LogP contribution in [0.3, 0.4) is 0 Å². The number of hydrogen-bond acceptors (Lipinski definition) is 22. The molecule has 0 radical (unpaired) electrons. The predicted molar refractivity (Wildman–Crippen MR) is 199 cm³/mol. The van der Waals surface area contributed by atoms with Crippen LogP contribution in [0.4, 0.5) is 4.79 Å². The van der Waals surface area contributed by atoms with Gasteiger partial charge in [0.05, 0.1) is 24.9 Å². The Balaban J connectivity index is 1.12. The van der Waals surface area contributed by atoms with Crippen LogP contribution < -0.4 is 39.5 Å². The van der Waals surface area contributed by atoms with E-state index in [1.807, 2.05) is 0 Å². The number of ether oxygens (including phenoxy) is 6. The van der Waals surface area contributed by atoms with Crippen molar-refractivity contribution < 1.29 is 82.7 Å². The molecule has 0 unspecified atom stereocenters. The summed E-state index contributed by atoms with van der Waals surface area (Å²) in [5.41, 5.74) is 23.0. The number of aryl methyl sites for hydroxylation is 1. The molecule has 338 valence electrons. The van der Waals surface area contributed by atoms with E-state index in [1.165, 1.54) is 24.9 Å². The highest BCUT2D eigenvalue weighted by Crippen LogP contribution is 2.39. The number of H-pyrrole nitrogens is 1. The second kappa shape index (κ2) is 20.3. The van der Waals surface area contributed by atoms with Gasteiger partial charge in [0.15, 0.2) is 12.6 Å². The lowest BCUT2D eigenvalue weighted by atomic mass is 9.84. The van der Waals surface area contributed by atoms with Crippen molar-refractivity contribution in [1.29, 1.82) is 0 Å². The van der Waals surface area contributed by atoms with E-state index < -0.39 is 142 Å². The fourth-order valence-electron chi connectivity index (χ4n) is 7.11. The topological polar surface area (TPSA) is 432 Å². The molecular weight excluding hydrogens is 837 g/mol. The smallest absolute Gasteiger partial charge is 0.443 e. The molecule has 59 heavy (non-hydrogen) atoms. The van der Waals surface area contributed by atoms with Crippen LogP contribution in [0.15, 0.2) is 15.8 Å². The minimum Gasteiger partial charge on any atom is -0.443 e. The molecule has 0 bridgehead atoms. The highest BCUT2D eigenvalue weighted by Gasteiger charge is 2.52. The third kappa shape index (κ3) is 11.6. The van der Waals surface area contributed by atoms with E-state index in [-0.39, 0.29) is 43.0 Å². The van der Waals surface area contributed by atoms with Crippen LogP contribution in [-0.2, 0) is 37.5 Å². The number of aliphatic hydroxyl groups is 6. The fourth-order valence-corrected chi connectivity index (χ4v) is 8.37. The maximum atomic E-state index is 12.7. The fraction of sp³-hybridized carbons (Fsp3) is 0.839. The first-order valence-corrected chi connectivity index (χ1v) is 21.3. The van der Waals surface area contributed by atoms with Crippen molar-refractivity contribution in [3.63, 3.8) is 0 Å². The van der Waals surface area contributed by atoms with Crippen molar-refractivity contribution in [3.05, 3.63) is 32.6 Å². The third-order valence-electron chi connectivity index (χ3n) is 10.4. The van der Waals surface area contributed by atoms with Gasteiger partial charge in [-0.3, -0.25) is 18.9 Å². The normalized spacial score (nSPS) is 40.5. The third-order valence-corrected chi connectivity index (χ3v) is 11.9. The van der Waals surface area contributed by atoms with Crippen molar-refractivity contribution in [2.75, 3.05) is 31.2 Å². The van der Waals surface area contributed by atoms with E-state index in [9.17, 15) is 59.4 Å². The minimum absolute atomic E-state index is 0.00629. The van der Waals surface area contributed by atoms with Crippen LogP contribution >= 0.6 is 19.6 Å². The molecule has 4 fully saturated rings. The summed E-state index contributed by atoms with van der Waals surface area (Å²) in [6, 6.07) is -3.12. The van der Waals surface area contributed by atoms with Crippen LogP contribution in [0.25, 0.3) is 0 Å². The maximum Gasteiger partial charge on any atom is 0.469 e. The molecule has 4 heterocycles. The van der Waals surface area contributed by atoms with Crippen LogP contribution in [0, 0.1) is 6.92 Å². The molecule has 28 heteroatoms. The lowest BCUT2D eigenvalue weighted by Crippen LogP contribution is -2.68. The summed E-state index contributed by atoms with van der Waals surface area (Å²) in [7, 11) is -4.95. The van der Waals surface area contributed by atoms with Gasteiger partial charge < -0.3 is 97.1 Å². The van der Waals surface area contributed by atoms with Gasteiger partial charge in [-0.15, -0.1) is 0 Å². The zero-order chi connectivity index (χ0) is 43.5. The Labute approximate surface area is 339 Å². The highest BCUT2D eigenvalue weighted by atomic mass is 32.2. The Morgan fingerprint density at radius 2 is 1.53 bits per heavy atom. The minimum atomic E-state index is -4.95. The molecule has 0 aromatic carbocycles. The lowest BCUT2D eigenvalue weighted by molar-refractivity contribution is -0.330. The molecule has 18 N–H and O–H groups in total. The number of thioether (sulfide) groups is 1. The largest absolute Gasteiger partial charge is 0.469 e. The molecule has 1 amide bonds. The van der Waals surface area contributed by atoms with Crippen molar-refractivity contribution in [2.24, 2.45) is 22.9 Å². The number of alkyl carbamates (subject to hydrolysis) is 1. The number of nitrogens with one attached hydrogen (secondary N) is 2. The number of carbonyl (C=O) groups excluding carboxylic acids is 1. The van der Waals surface area contributed by atoms with Gasteiger partial charge in [0.1, 0.15) is 67.3 Å². The van der Waals surface area contributed by atoms with E-state index in [1.54, 1.807) is 0 Å². The summed E-state index contributed by atoms with van der Waals surface area (Å²) in [5.74, 6) is 0.287. The first-order valence-electron chi connectivity index (χ1n) is 18.6. The summed E-state index contributed by atoms with van der Waals surface area (Å²) < 4.78 is 51.2. The van der Waals surface area contributed by atoms with Gasteiger partial charge in [-0.25, -0.2) is 14.2 Å². The average Bonchev–Trinajstić information content (AvgIpc) is 3.57. The summed E-state index contributed by atoms with van der Waals surface area (Å²) in [5, 5.41) is 66.3. The number of rotatable bonds is 15. The Morgan fingerprint density at radius 3 is 2.15 bits per heavy atom. The van der Waals surface area contributed by atoms with Crippen molar-refractivity contribution in [2.45, 2.75) is 130 Å². The van der Waals surface area contributed by atoms with Gasteiger partial charge in [0.2, 0.25) is 0 Å². The Bertz CT molecular complexity index is 1730. The summed E-state index contributed by atoms with van der Waals surface area (Å²) >= 11 is 1.19. The van der Waals surface area contributed by atoms with Crippen molar-refractivity contribution in [1.82, 2.24) is 14.9 Å². The molecule has 1 saturated carbocycles. The first kappa shape index (κ1) is 47.9. The summed E-state index contributed by atoms with van der Waals surface area (Å²) in [6.45, 7) is 0.534. The van der Waals surface area contributed by atoms with Gasteiger partial charge in [-0.1, -0.05) is 0 Å². The second-order valence-electron chi connectivity index (χ2n) is 14.7. The molecule has 3 saturated heterocycles. The van der Waals surface area contributed by atoms with Crippen LogP contribution in [0.1, 0.15) is 24.6 Å². The van der Waals surface area contributed by atoms with Crippen LogP contribution in [-0.4, -0.2) is 191 Å². The zero-order valence-corrected chi connectivity index (χ0v) is 33.3. The second-order valence-corrected chi connectivity index (χ2v) is 17.1. The van der Waals surface area contributed by atoms with Gasteiger partial charge in [0.25, 0.3) is 5.56 Å². The molecule has 18 atom stereocenters. The molecule has 3 aliphatic heterocycles. The molecule has 0 spiro atoms. The summed E-state index contributed by atoms with van der Waals surface area (Å²) in [6.07, 6.45) is -20.6. The van der Waals surface area contributed by atoms with Gasteiger partial charge in [-0.05, 0) is 13.3 Å². The molecule has 26 nitrogen and oxygen atoms in total. The van der Waals surface area contributed by atoms with E-state index >= 15 is 0 Å². The van der Waals surface area contributed by atoms with Gasteiger partial charge in [-0.2, -0.15) is 11.8 Å². The van der Waals surface area contributed by atoms with Gasteiger partial charge in [0, 0.05) is 54.9 Å². The Kier molecular flexibility index (Phi) is 16.5. The number of aromatic nitrogens is 2. The van der Waals surface area contributed by atoms with E-state index in [2.05, 4.69) is 14.8 Å². The maximum absolute atomic E-state index is 12.7. The monoisotopic (exact) mass is 891 g/mol. The predicted octanol–water partition coefficient (Wildman–Crippen LogP) is -7.20. The number of aromatic amines is 1. The number of phosphoric ester groups is 1. The molecule has 1 aliphatic carbocycles. The van der Waals surface area contributed by atoms with Crippen molar-refractivity contribution >= 4 is 25.7 Å². The zero-order valence-electron chi connectivity index (χ0n) is 31.6. The van der Waals surface area contributed by atoms with Gasteiger partial charge >= 0.3 is 19.6 Å². The van der Waals surface area contributed by atoms with Crippen LogP contribution in [0.5, 0.6) is 0 Å². The number of nitrogens with two attached hydrogens (primary N) is 4. The molecule has 4 aliphatic rings. The number of aliphatic hydroxyl groups excluding tert-OH is 6.